The Bertz CT molecular complexity index is 1560. The topological polar surface area (TPSA) is 70.2 Å². The summed E-state index contributed by atoms with van der Waals surface area (Å²) < 4.78 is 0. The Morgan fingerprint density at radius 3 is 1.34 bits per heavy atom. The van der Waals surface area contributed by atoms with Gasteiger partial charge in [-0.3, -0.25) is 0 Å². The molecule has 2 N–H and O–H groups in total. The Balaban J connectivity index is 1.34. The van der Waals surface area contributed by atoms with Crippen molar-refractivity contribution in [3.05, 3.63) is 91.0 Å². The number of nitrogens with one attached hydrogen (secondary N) is 2. The van der Waals surface area contributed by atoms with Crippen LogP contribution in [0.5, 0.6) is 0 Å². The van der Waals surface area contributed by atoms with Crippen molar-refractivity contribution in [2.45, 2.75) is 0 Å². The van der Waals surface area contributed by atoms with E-state index in [0.717, 1.165) is 45.1 Å². The number of H-pyrrole nitrogens is 2. The van der Waals surface area contributed by atoms with Gasteiger partial charge in [-0.2, -0.15) is 0 Å². The summed E-state index contributed by atoms with van der Waals surface area (Å²) in [5, 5.41) is 4.72. The van der Waals surface area contributed by atoms with Crippen molar-refractivity contribution < 1.29 is 0 Å². The number of aromatic amines is 2. The van der Waals surface area contributed by atoms with Crippen LogP contribution in [0.15, 0.2) is 91.0 Å². The molecule has 0 unspecified atom stereocenters. The molecule has 5 heteroatoms. The second kappa shape index (κ2) is 6.49. The summed E-state index contributed by atoms with van der Waals surface area (Å²) in [6, 6.07) is 31.0. The normalized spacial score (nSPS) is 11.8. The van der Waals surface area contributed by atoms with Crippen LogP contribution in [0.25, 0.3) is 66.6 Å². The summed E-state index contributed by atoms with van der Waals surface area (Å²) in [6.07, 6.45) is 0. The fourth-order valence-corrected chi connectivity index (χ4v) is 4.33. The molecule has 0 fully saturated rings. The van der Waals surface area contributed by atoms with Crippen LogP contribution in [-0.2, 0) is 0 Å². The number of imidazole rings is 2. The van der Waals surface area contributed by atoms with Crippen molar-refractivity contribution >= 4 is 43.6 Å². The average molecular weight is 411 g/mol. The maximum absolute atomic E-state index is 4.86. The van der Waals surface area contributed by atoms with E-state index in [0.29, 0.717) is 0 Å². The Morgan fingerprint density at radius 2 is 0.875 bits per heavy atom. The van der Waals surface area contributed by atoms with E-state index >= 15 is 0 Å². The molecule has 0 bridgehead atoms. The minimum Gasteiger partial charge on any atom is -0.337 e. The predicted octanol–water partition coefficient (Wildman–Crippen LogP) is 6.47. The highest BCUT2D eigenvalue weighted by Crippen LogP contribution is 2.27. The molecule has 5 nitrogen and oxygen atoms in total. The molecule has 0 amide bonds. The van der Waals surface area contributed by atoms with Crippen LogP contribution in [0.3, 0.4) is 0 Å². The van der Waals surface area contributed by atoms with Gasteiger partial charge >= 0.3 is 0 Å². The van der Waals surface area contributed by atoms with Crippen LogP contribution < -0.4 is 0 Å². The molecule has 3 heterocycles. The van der Waals surface area contributed by atoms with Crippen molar-refractivity contribution in [2.75, 3.05) is 0 Å². The standard InChI is InChI=1S/C27H17N5/c1-2-7-17-13-23-22(12-16(17)6-1)29-26(30-23)20-10-5-11-21(28-20)27-31-24-14-18-8-3-4-9-19(18)15-25(24)32-27/h1-15H,(H,29,30)(H,31,32). The van der Waals surface area contributed by atoms with Crippen LogP contribution in [0.2, 0.25) is 0 Å². The lowest BCUT2D eigenvalue weighted by Gasteiger charge is -1.99. The van der Waals surface area contributed by atoms with Crippen LogP contribution in [-0.4, -0.2) is 24.9 Å². The van der Waals surface area contributed by atoms with Gasteiger partial charge < -0.3 is 9.97 Å². The van der Waals surface area contributed by atoms with Gasteiger partial charge in [-0.05, 0) is 57.9 Å². The van der Waals surface area contributed by atoms with Gasteiger partial charge in [-0.1, -0.05) is 54.6 Å². The second-order valence-electron chi connectivity index (χ2n) is 8.01. The van der Waals surface area contributed by atoms with Crippen molar-refractivity contribution in [3.8, 4) is 23.0 Å². The zero-order valence-electron chi connectivity index (χ0n) is 17.0. The highest BCUT2D eigenvalue weighted by molar-refractivity contribution is 5.97. The molecule has 32 heavy (non-hydrogen) atoms. The van der Waals surface area contributed by atoms with E-state index in [4.69, 9.17) is 15.0 Å². The van der Waals surface area contributed by atoms with Gasteiger partial charge in [-0.15, -0.1) is 0 Å². The highest BCUT2D eigenvalue weighted by Gasteiger charge is 2.12. The third-order valence-corrected chi connectivity index (χ3v) is 5.93. The van der Waals surface area contributed by atoms with Gasteiger partial charge in [0.15, 0.2) is 11.6 Å². The van der Waals surface area contributed by atoms with E-state index in [1.807, 2.05) is 42.5 Å². The van der Waals surface area contributed by atoms with Crippen LogP contribution in [0.4, 0.5) is 0 Å². The van der Waals surface area contributed by atoms with Crippen LogP contribution >= 0.6 is 0 Å². The number of pyridine rings is 1. The number of hydrogen-bond acceptors (Lipinski definition) is 3. The molecular weight excluding hydrogens is 394 g/mol. The quantitative estimate of drug-likeness (QED) is 0.342. The molecule has 150 valence electrons. The van der Waals surface area contributed by atoms with E-state index in [1.165, 1.54) is 21.5 Å². The van der Waals surface area contributed by atoms with Gasteiger partial charge in [-0.25, -0.2) is 15.0 Å². The first-order valence-corrected chi connectivity index (χ1v) is 10.5. The Hall–Kier alpha value is -4.51. The maximum Gasteiger partial charge on any atom is 0.157 e. The first-order valence-electron chi connectivity index (χ1n) is 10.5. The molecule has 0 aliphatic rings. The molecule has 0 aliphatic carbocycles. The highest BCUT2D eigenvalue weighted by atomic mass is 15.0. The Kier molecular flexibility index (Phi) is 3.49. The van der Waals surface area contributed by atoms with Gasteiger partial charge in [0.1, 0.15) is 11.4 Å². The zero-order valence-corrected chi connectivity index (χ0v) is 17.0. The molecule has 4 aromatic carbocycles. The number of hydrogen-bond donors (Lipinski definition) is 2. The summed E-state index contributed by atoms with van der Waals surface area (Å²) in [7, 11) is 0. The number of fused-ring (bicyclic) bond motifs is 4. The number of rotatable bonds is 2. The summed E-state index contributed by atoms with van der Waals surface area (Å²) >= 11 is 0. The first kappa shape index (κ1) is 17.2. The Morgan fingerprint density at radius 1 is 0.438 bits per heavy atom. The third kappa shape index (κ3) is 2.68. The molecule has 0 aliphatic heterocycles. The Labute approximate surface area is 182 Å². The number of benzene rings is 4. The SMILES string of the molecule is c1cc(-c2nc3cc4ccccc4cc3[nH]2)nc(-c2nc3cc4ccccc4cc3[nH]2)c1. The molecule has 0 spiro atoms. The van der Waals surface area contributed by atoms with E-state index in [-0.39, 0.29) is 0 Å². The largest absolute Gasteiger partial charge is 0.337 e. The molecular formula is C27H17N5. The van der Waals surface area contributed by atoms with Gasteiger partial charge in [0.25, 0.3) is 0 Å². The number of aromatic nitrogens is 5. The van der Waals surface area contributed by atoms with E-state index in [9.17, 15) is 0 Å². The number of nitrogens with zero attached hydrogens (tertiary/aromatic N) is 3. The second-order valence-corrected chi connectivity index (χ2v) is 8.01. The minimum atomic E-state index is 0.749. The average Bonchev–Trinajstić information content (AvgIpc) is 3.44. The molecule has 0 saturated carbocycles. The summed E-state index contributed by atoms with van der Waals surface area (Å²) in [4.78, 5) is 21.3. The van der Waals surface area contributed by atoms with Crippen molar-refractivity contribution in [2.24, 2.45) is 0 Å². The molecule has 3 aromatic heterocycles. The molecule has 7 rings (SSSR count). The van der Waals surface area contributed by atoms with Crippen LogP contribution in [0.1, 0.15) is 0 Å². The minimum absolute atomic E-state index is 0.749. The van der Waals surface area contributed by atoms with Crippen LogP contribution in [0, 0.1) is 0 Å². The van der Waals surface area contributed by atoms with E-state index < -0.39 is 0 Å². The maximum atomic E-state index is 4.86. The lowest BCUT2D eigenvalue weighted by Crippen LogP contribution is -1.90. The predicted molar refractivity (Wildman–Crippen MR) is 129 cm³/mol. The molecule has 0 atom stereocenters. The summed E-state index contributed by atoms with van der Waals surface area (Å²) in [6.45, 7) is 0. The van der Waals surface area contributed by atoms with E-state index in [1.54, 1.807) is 0 Å². The lowest BCUT2D eigenvalue weighted by atomic mass is 10.1. The fourth-order valence-electron chi connectivity index (χ4n) is 4.33. The third-order valence-electron chi connectivity index (χ3n) is 5.93. The zero-order chi connectivity index (χ0) is 21.1. The van der Waals surface area contributed by atoms with Crippen molar-refractivity contribution in [1.82, 2.24) is 24.9 Å². The molecule has 0 saturated heterocycles. The smallest absolute Gasteiger partial charge is 0.157 e. The lowest BCUT2D eigenvalue weighted by molar-refractivity contribution is 1.20. The molecule has 7 aromatic rings. The fraction of sp³-hybridized carbons (Fsp3) is 0. The van der Waals surface area contributed by atoms with E-state index in [2.05, 4.69) is 58.5 Å². The molecule has 0 radical (unpaired) electrons. The monoisotopic (exact) mass is 411 g/mol. The van der Waals surface area contributed by atoms with Crippen molar-refractivity contribution in [3.63, 3.8) is 0 Å². The van der Waals surface area contributed by atoms with Gasteiger partial charge in [0.05, 0.1) is 22.1 Å². The first-order chi connectivity index (χ1) is 15.8. The summed E-state index contributed by atoms with van der Waals surface area (Å²) in [5.41, 5.74) is 5.44. The van der Waals surface area contributed by atoms with Gasteiger partial charge in [0, 0.05) is 0 Å². The van der Waals surface area contributed by atoms with Crippen molar-refractivity contribution in [1.29, 1.82) is 0 Å². The summed E-state index contributed by atoms with van der Waals surface area (Å²) in [5.74, 6) is 1.50. The van der Waals surface area contributed by atoms with Gasteiger partial charge in [0.2, 0.25) is 0 Å².